The van der Waals surface area contributed by atoms with Crippen LogP contribution in [0.15, 0.2) is 72.5 Å². The van der Waals surface area contributed by atoms with E-state index >= 15 is 0 Å². The van der Waals surface area contributed by atoms with Crippen molar-refractivity contribution in [1.29, 1.82) is 0 Å². The van der Waals surface area contributed by atoms with Gasteiger partial charge in [-0.05, 0) is 55.3 Å². The van der Waals surface area contributed by atoms with Gasteiger partial charge in [-0.15, -0.1) is 0 Å². The number of carbonyl (C=O) groups is 2. The third-order valence-electron chi connectivity index (χ3n) is 4.58. The number of hydrogen-bond donors (Lipinski definition) is 0. The molecule has 0 spiro atoms. The summed E-state index contributed by atoms with van der Waals surface area (Å²) in [5.41, 5.74) is 3.87. The molecule has 28 heavy (non-hydrogen) atoms. The maximum atomic E-state index is 12.6. The largest absolute Gasteiger partial charge is 0.452 e. The second-order valence-corrected chi connectivity index (χ2v) is 6.71. The van der Waals surface area contributed by atoms with Crippen LogP contribution in [0.4, 0.5) is 0 Å². The Labute approximate surface area is 163 Å². The fourth-order valence-corrected chi connectivity index (χ4v) is 3.06. The molecular formula is C24H18O4. The number of ketones is 1. The molecule has 0 radical (unpaired) electrons. The van der Waals surface area contributed by atoms with Gasteiger partial charge in [-0.1, -0.05) is 42.0 Å². The molecule has 1 aliphatic heterocycles. The van der Waals surface area contributed by atoms with E-state index in [-0.39, 0.29) is 11.5 Å². The van der Waals surface area contributed by atoms with Gasteiger partial charge in [0.25, 0.3) is 0 Å². The number of allylic oxidation sites excluding steroid dienone is 1. The zero-order valence-electron chi connectivity index (χ0n) is 15.6. The summed E-state index contributed by atoms with van der Waals surface area (Å²) in [6.07, 6.45) is 1.73. The van der Waals surface area contributed by atoms with Crippen LogP contribution in [0.2, 0.25) is 0 Å². The number of Topliss-reactive ketones (excluding diaryl/α,β-unsaturated/α-hetero) is 1. The Kier molecular flexibility index (Phi) is 4.53. The van der Waals surface area contributed by atoms with E-state index in [2.05, 4.69) is 0 Å². The van der Waals surface area contributed by atoms with E-state index in [0.717, 1.165) is 16.7 Å². The van der Waals surface area contributed by atoms with Crippen molar-refractivity contribution in [2.24, 2.45) is 0 Å². The second kappa shape index (κ2) is 7.16. The van der Waals surface area contributed by atoms with Gasteiger partial charge < -0.3 is 9.47 Å². The van der Waals surface area contributed by atoms with Gasteiger partial charge in [0.15, 0.2) is 5.76 Å². The van der Waals surface area contributed by atoms with Gasteiger partial charge in [-0.3, -0.25) is 4.79 Å². The first kappa shape index (κ1) is 17.7. The van der Waals surface area contributed by atoms with Crippen LogP contribution in [-0.4, -0.2) is 11.8 Å². The highest BCUT2D eigenvalue weighted by Crippen LogP contribution is 2.35. The molecule has 0 aliphatic carbocycles. The van der Waals surface area contributed by atoms with Gasteiger partial charge in [0, 0.05) is 6.07 Å². The van der Waals surface area contributed by atoms with Crippen LogP contribution in [0.5, 0.6) is 11.5 Å². The molecule has 0 bridgehead atoms. The Bertz CT molecular complexity index is 1120. The van der Waals surface area contributed by atoms with Crippen molar-refractivity contribution in [2.75, 3.05) is 0 Å². The SMILES string of the molecule is Cc1cccc(C(=O)Oc2ccc3c(c2)O/C(=C\c2ccccc2C)C3=O)c1. The smallest absolute Gasteiger partial charge is 0.343 e. The lowest BCUT2D eigenvalue weighted by Crippen LogP contribution is -2.08. The molecule has 3 aromatic rings. The van der Waals surface area contributed by atoms with Gasteiger partial charge in [0.05, 0.1) is 11.1 Å². The molecule has 0 unspecified atom stereocenters. The van der Waals surface area contributed by atoms with E-state index in [1.807, 2.05) is 44.2 Å². The lowest BCUT2D eigenvalue weighted by Gasteiger charge is -2.06. The molecule has 0 saturated carbocycles. The first-order chi connectivity index (χ1) is 13.5. The van der Waals surface area contributed by atoms with Gasteiger partial charge in [-0.2, -0.15) is 0 Å². The number of benzene rings is 3. The van der Waals surface area contributed by atoms with Gasteiger partial charge in [0.1, 0.15) is 11.5 Å². The van der Waals surface area contributed by atoms with Crippen LogP contribution in [0.25, 0.3) is 6.08 Å². The highest BCUT2D eigenvalue weighted by Gasteiger charge is 2.28. The van der Waals surface area contributed by atoms with Crippen molar-refractivity contribution in [2.45, 2.75) is 13.8 Å². The average Bonchev–Trinajstić information content (AvgIpc) is 2.98. The number of ether oxygens (including phenoxy) is 2. The summed E-state index contributed by atoms with van der Waals surface area (Å²) in [6.45, 7) is 3.88. The average molecular weight is 370 g/mol. The molecule has 0 N–H and O–H groups in total. The van der Waals surface area contributed by atoms with Gasteiger partial charge in [0.2, 0.25) is 5.78 Å². The summed E-state index contributed by atoms with van der Waals surface area (Å²) in [6, 6.07) is 19.7. The molecule has 0 aromatic heterocycles. The quantitative estimate of drug-likeness (QED) is 0.364. The summed E-state index contributed by atoms with van der Waals surface area (Å²) >= 11 is 0. The molecular weight excluding hydrogens is 352 g/mol. The van der Waals surface area contributed by atoms with Crippen LogP contribution in [0.3, 0.4) is 0 Å². The minimum atomic E-state index is -0.455. The van der Waals surface area contributed by atoms with Crippen molar-refractivity contribution in [3.63, 3.8) is 0 Å². The van der Waals surface area contributed by atoms with Crippen molar-refractivity contribution >= 4 is 17.8 Å². The summed E-state index contributed by atoms with van der Waals surface area (Å²) < 4.78 is 11.2. The summed E-state index contributed by atoms with van der Waals surface area (Å²) in [7, 11) is 0. The van der Waals surface area contributed by atoms with E-state index in [9.17, 15) is 9.59 Å². The molecule has 0 atom stereocenters. The molecule has 138 valence electrons. The standard InChI is InChI=1S/C24H18O4/c1-15-6-5-9-18(12-15)24(26)27-19-10-11-20-21(14-19)28-22(23(20)25)13-17-8-4-3-7-16(17)2/h3-14H,1-2H3/b22-13-. The van der Waals surface area contributed by atoms with E-state index < -0.39 is 5.97 Å². The topological polar surface area (TPSA) is 52.6 Å². The van der Waals surface area contributed by atoms with Crippen molar-refractivity contribution in [1.82, 2.24) is 0 Å². The number of carbonyl (C=O) groups excluding carboxylic acids is 2. The number of aryl methyl sites for hydroxylation is 2. The summed E-state index contributed by atoms with van der Waals surface area (Å²) in [5, 5.41) is 0. The maximum Gasteiger partial charge on any atom is 0.343 e. The number of fused-ring (bicyclic) bond motifs is 1. The molecule has 4 heteroatoms. The van der Waals surface area contributed by atoms with Crippen molar-refractivity contribution < 1.29 is 19.1 Å². The molecule has 4 rings (SSSR count). The third-order valence-corrected chi connectivity index (χ3v) is 4.58. The molecule has 0 fully saturated rings. The van der Waals surface area contributed by atoms with Crippen LogP contribution in [0.1, 0.15) is 37.4 Å². The molecule has 1 heterocycles. The summed E-state index contributed by atoms with van der Waals surface area (Å²) in [4.78, 5) is 24.9. The zero-order valence-corrected chi connectivity index (χ0v) is 15.6. The van der Waals surface area contributed by atoms with Gasteiger partial charge >= 0.3 is 5.97 Å². The number of esters is 1. The lowest BCUT2D eigenvalue weighted by molar-refractivity contribution is 0.0734. The Balaban J connectivity index is 1.57. The van der Waals surface area contributed by atoms with Crippen LogP contribution < -0.4 is 9.47 Å². The zero-order chi connectivity index (χ0) is 19.7. The fourth-order valence-electron chi connectivity index (χ4n) is 3.06. The van der Waals surface area contributed by atoms with E-state index in [1.54, 1.807) is 42.5 Å². The fraction of sp³-hybridized carbons (Fsp3) is 0.0833. The molecule has 1 aliphatic rings. The van der Waals surface area contributed by atoms with E-state index in [1.165, 1.54) is 0 Å². The predicted octanol–water partition coefficient (Wildman–Crippen LogP) is 5.14. The van der Waals surface area contributed by atoms with Crippen LogP contribution in [-0.2, 0) is 0 Å². The maximum absolute atomic E-state index is 12.6. The molecule has 0 saturated heterocycles. The van der Waals surface area contributed by atoms with Crippen molar-refractivity contribution in [3.05, 3.63) is 100 Å². The van der Waals surface area contributed by atoms with E-state index in [4.69, 9.17) is 9.47 Å². The normalized spacial score (nSPS) is 13.9. The Hall–Kier alpha value is -3.66. The molecule has 3 aromatic carbocycles. The predicted molar refractivity (Wildman–Crippen MR) is 107 cm³/mol. The Morgan fingerprint density at radius 2 is 1.79 bits per heavy atom. The number of rotatable bonds is 3. The Morgan fingerprint density at radius 1 is 0.964 bits per heavy atom. The minimum Gasteiger partial charge on any atom is -0.452 e. The van der Waals surface area contributed by atoms with Crippen molar-refractivity contribution in [3.8, 4) is 11.5 Å². The molecule has 4 nitrogen and oxygen atoms in total. The number of hydrogen-bond acceptors (Lipinski definition) is 4. The summed E-state index contributed by atoms with van der Waals surface area (Å²) in [5.74, 6) is 0.333. The first-order valence-electron chi connectivity index (χ1n) is 8.94. The van der Waals surface area contributed by atoms with Crippen LogP contribution >= 0.6 is 0 Å². The Morgan fingerprint density at radius 3 is 2.57 bits per heavy atom. The first-order valence-corrected chi connectivity index (χ1v) is 8.94. The lowest BCUT2D eigenvalue weighted by atomic mass is 10.1. The highest BCUT2D eigenvalue weighted by molar-refractivity contribution is 6.14. The highest BCUT2D eigenvalue weighted by atomic mass is 16.5. The molecule has 0 amide bonds. The third kappa shape index (κ3) is 3.45. The monoisotopic (exact) mass is 370 g/mol. The minimum absolute atomic E-state index is 0.185. The second-order valence-electron chi connectivity index (χ2n) is 6.71. The van der Waals surface area contributed by atoms with Crippen LogP contribution in [0, 0.1) is 13.8 Å². The van der Waals surface area contributed by atoms with E-state index in [0.29, 0.717) is 22.6 Å². The van der Waals surface area contributed by atoms with Gasteiger partial charge in [-0.25, -0.2) is 4.79 Å².